The maximum atomic E-state index is 5.96. The summed E-state index contributed by atoms with van der Waals surface area (Å²) in [6, 6.07) is 15.8. The Bertz CT molecular complexity index is 842. The molecule has 0 N–H and O–H groups in total. The maximum Gasteiger partial charge on any atom is 0.119 e. The van der Waals surface area contributed by atoms with Crippen LogP contribution in [0, 0.1) is 0 Å². The van der Waals surface area contributed by atoms with Crippen molar-refractivity contribution in [1.29, 1.82) is 0 Å². The number of benzene rings is 2. The highest BCUT2D eigenvalue weighted by Crippen LogP contribution is 2.38. The van der Waals surface area contributed by atoms with Crippen LogP contribution in [0.3, 0.4) is 0 Å². The number of hydrogen-bond acceptors (Lipinski definition) is 3. The van der Waals surface area contributed by atoms with E-state index in [0.29, 0.717) is 0 Å². The van der Waals surface area contributed by atoms with Crippen molar-refractivity contribution in [2.75, 3.05) is 13.7 Å². The lowest BCUT2D eigenvalue weighted by molar-refractivity contribution is 0.413. The monoisotopic (exact) mass is 311 g/mol. The van der Waals surface area contributed by atoms with Gasteiger partial charge in [-0.2, -0.15) is 0 Å². The van der Waals surface area contributed by atoms with E-state index in [0.717, 1.165) is 45.1 Å². The highest BCUT2D eigenvalue weighted by Gasteiger charge is 2.27. The minimum Gasteiger partial charge on any atom is -0.497 e. The molecule has 4 heteroatoms. The molecular weight excluding hydrogens is 298 g/mol. The fourth-order valence-electron chi connectivity index (χ4n) is 2.62. The van der Waals surface area contributed by atoms with Crippen molar-refractivity contribution < 1.29 is 9.47 Å². The third kappa shape index (κ3) is 2.43. The molecule has 0 radical (unpaired) electrons. The highest BCUT2D eigenvalue weighted by atomic mass is 35.5. The van der Waals surface area contributed by atoms with E-state index in [2.05, 4.69) is 6.07 Å². The third-order valence-corrected chi connectivity index (χ3v) is 4.12. The molecule has 22 heavy (non-hydrogen) atoms. The fraction of sp³-hybridized carbons (Fsp3) is 0.167. The van der Waals surface area contributed by atoms with Crippen molar-refractivity contribution in [3.63, 3.8) is 0 Å². The van der Waals surface area contributed by atoms with Gasteiger partial charge >= 0.3 is 0 Å². The summed E-state index contributed by atoms with van der Waals surface area (Å²) in [6.45, 7) is 0.760. The summed E-state index contributed by atoms with van der Waals surface area (Å²) >= 11 is 5.96. The Morgan fingerprint density at radius 1 is 1.14 bits per heavy atom. The van der Waals surface area contributed by atoms with Crippen LogP contribution in [-0.4, -0.2) is 18.7 Å². The van der Waals surface area contributed by atoms with E-state index in [1.165, 1.54) is 0 Å². The molecule has 0 unspecified atom stereocenters. The lowest BCUT2D eigenvalue weighted by Gasteiger charge is -2.10. The minimum atomic E-state index is 0.156. The van der Waals surface area contributed by atoms with Crippen molar-refractivity contribution in [2.45, 2.75) is 6.10 Å². The van der Waals surface area contributed by atoms with E-state index in [9.17, 15) is 0 Å². The molecular formula is C18H14ClNO2. The molecule has 2 heterocycles. The van der Waals surface area contributed by atoms with Gasteiger partial charge in [0.15, 0.2) is 0 Å². The van der Waals surface area contributed by atoms with Gasteiger partial charge in [0.05, 0.1) is 24.9 Å². The first-order chi connectivity index (χ1) is 10.7. The van der Waals surface area contributed by atoms with Crippen LogP contribution in [0.2, 0.25) is 5.02 Å². The molecule has 2 aromatic carbocycles. The summed E-state index contributed by atoms with van der Waals surface area (Å²) in [7, 11) is 1.67. The van der Waals surface area contributed by atoms with Crippen LogP contribution >= 0.6 is 11.6 Å². The van der Waals surface area contributed by atoms with Crippen LogP contribution < -0.4 is 4.74 Å². The second-order valence-corrected chi connectivity index (χ2v) is 5.75. The van der Waals surface area contributed by atoms with Gasteiger partial charge in [-0.25, -0.2) is 4.98 Å². The number of pyridine rings is 1. The summed E-state index contributed by atoms with van der Waals surface area (Å²) in [4.78, 5) is 4.77. The van der Waals surface area contributed by atoms with Crippen LogP contribution in [0.1, 0.15) is 11.7 Å². The summed E-state index contributed by atoms with van der Waals surface area (Å²) < 4.78 is 10.8. The molecule has 3 nitrogen and oxygen atoms in total. The Kier molecular flexibility index (Phi) is 3.25. The smallest absolute Gasteiger partial charge is 0.119 e. The van der Waals surface area contributed by atoms with Crippen molar-refractivity contribution in [2.24, 2.45) is 0 Å². The second-order valence-electron chi connectivity index (χ2n) is 5.31. The number of rotatable bonds is 3. The Balaban J connectivity index is 1.92. The van der Waals surface area contributed by atoms with Crippen LogP contribution in [-0.2, 0) is 4.74 Å². The van der Waals surface area contributed by atoms with Crippen molar-refractivity contribution >= 4 is 22.5 Å². The Morgan fingerprint density at radius 2 is 1.91 bits per heavy atom. The lowest BCUT2D eigenvalue weighted by atomic mass is 10.0. The molecule has 0 spiro atoms. The van der Waals surface area contributed by atoms with Gasteiger partial charge in [-0.05, 0) is 42.0 Å². The molecule has 1 aliphatic rings. The van der Waals surface area contributed by atoms with Crippen molar-refractivity contribution in [3.8, 4) is 17.0 Å². The van der Waals surface area contributed by atoms with Gasteiger partial charge in [0.2, 0.25) is 0 Å². The van der Waals surface area contributed by atoms with Gasteiger partial charge in [-0.15, -0.1) is 0 Å². The highest BCUT2D eigenvalue weighted by molar-refractivity contribution is 6.30. The van der Waals surface area contributed by atoms with Crippen LogP contribution in [0.4, 0.5) is 0 Å². The number of ether oxygens (including phenoxy) is 2. The van der Waals surface area contributed by atoms with E-state index in [1.54, 1.807) is 7.11 Å². The molecule has 1 aliphatic heterocycles. The average molecular weight is 312 g/mol. The molecule has 3 aromatic rings. The second kappa shape index (κ2) is 5.27. The molecule has 0 aliphatic carbocycles. The number of aromatic nitrogens is 1. The van der Waals surface area contributed by atoms with E-state index in [1.807, 2.05) is 42.5 Å². The zero-order valence-corrected chi connectivity index (χ0v) is 12.8. The Hall–Kier alpha value is -2.10. The maximum absolute atomic E-state index is 5.96. The van der Waals surface area contributed by atoms with Gasteiger partial charge in [-0.3, -0.25) is 0 Å². The SMILES string of the molecule is COc1ccc2nc(-c3ccc(Cl)cc3)cc([C@@H]3CO3)c2c1. The zero-order valence-electron chi connectivity index (χ0n) is 12.0. The van der Waals surface area contributed by atoms with Gasteiger partial charge in [0.1, 0.15) is 11.9 Å². The van der Waals surface area contributed by atoms with E-state index in [4.69, 9.17) is 26.1 Å². The summed E-state index contributed by atoms with van der Waals surface area (Å²) in [6.07, 6.45) is 0.156. The average Bonchev–Trinajstić information content (AvgIpc) is 3.39. The van der Waals surface area contributed by atoms with Crippen molar-refractivity contribution in [3.05, 3.63) is 59.1 Å². The van der Waals surface area contributed by atoms with Crippen LogP contribution in [0.25, 0.3) is 22.2 Å². The molecule has 1 fully saturated rings. The first kappa shape index (κ1) is 13.6. The quantitative estimate of drug-likeness (QED) is 0.661. The number of halogens is 1. The van der Waals surface area contributed by atoms with E-state index >= 15 is 0 Å². The van der Waals surface area contributed by atoms with Gasteiger partial charge in [0.25, 0.3) is 0 Å². The standard InChI is InChI=1S/C18H14ClNO2/c1-21-13-6-7-16-14(8-13)15(18-10-22-18)9-17(20-16)11-2-4-12(19)5-3-11/h2-9,18H,10H2,1H3/t18-/m0/s1. The molecule has 1 aromatic heterocycles. The molecule has 0 saturated carbocycles. The fourth-order valence-corrected chi connectivity index (χ4v) is 2.75. The van der Waals surface area contributed by atoms with Gasteiger partial charge in [0, 0.05) is 16.0 Å². The normalized spacial score (nSPS) is 16.7. The molecule has 1 atom stereocenters. The van der Waals surface area contributed by atoms with Gasteiger partial charge in [-0.1, -0.05) is 23.7 Å². The topological polar surface area (TPSA) is 34.6 Å². The first-order valence-corrected chi connectivity index (χ1v) is 7.48. The van der Waals surface area contributed by atoms with Gasteiger partial charge < -0.3 is 9.47 Å². The number of methoxy groups -OCH3 is 1. The lowest BCUT2D eigenvalue weighted by Crippen LogP contribution is -1.93. The molecule has 0 bridgehead atoms. The molecule has 4 rings (SSSR count). The Labute approximate surface area is 133 Å². The van der Waals surface area contributed by atoms with E-state index in [-0.39, 0.29) is 6.10 Å². The predicted molar refractivity (Wildman–Crippen MR) is 87.4 cm³/mol. The van der Waals surface area contributed by atoms with Crippen LogP contribution in [0.5, 0.6) is 5.75 Å². The Morgan fingerprint density at radius 3 is 2.59 bits per heavy atom. The minimum absolute atomic E-state index is 0.156. The largest absolute Gasteiger partial charge is 0.497 e. The first-order valence-electron chi connectivity index (χ1n) is 7.11. The summed E-state index contributed by atoms with van der Waals surface area (Å²) in [5, 5.41) is 1.81. The summed E-state index contributed by atoms with van der Waals surface area (Å²) in [5.74, 6) is 0.829. The zero-order chi connectivity index (χ0) is 15.1. The van der Waals surface area contributed by atoms with Crippen molar-refractivity contribution in [1.82, 2.24) is 4.98 Å². The molecule has 110 valence electrons. The number of hydrogen-bond donors (Lipinski definition) is 0. The molecule has 1 saturated heterocycles. The molecule has 0 amide bonds. The third-order valence-electron chi connectivity index (χ3n) is 3.87. The van der Waals surface area contributed by atoms with Crippen LogP contribution in [0.15, 0.2) is 48.5 Å². The summed E-state index contributed by atoms with van der Waals surface area (Å²) in [5.41, 5.74) is 4.08. The van der Waals surface area contributed by atoms with E-state index < -0.39 is 0 Å². The number of fused-ring (bicyclic) bond motifs is 1. The number of epoxide rings is 1. The predicted octanol–water partition coefficient (Wildman–Crippen LogP) is 4.64. The number of nitrogens with zero attached hydrogens (tertiary/aromatic N) is 1.